The van der Waals surface area contributed by atoms with E-state index in [1.165, 1.54) is 21.3 Å². The number of carbonyl (C=O) groups excluding carboxylic acids is 1. The van der Waals surface area contributed by atoms with Crippen LogP contribution in [0.3, 0.4) is 0 Å². The normalized spacial score (nSPS) is 15.0. The second kappa shape index (κ2) is 7.64. The van der Waals surface area contributed by atoms with Crippen LogP contribution >= 0.6 is 11.3 Å². The van der Waals surface area contributed by atoms with E-state index in [2.05, 4.69) is 10.5 Å². The number of thiophene rings is 1. The Morgan fingerprint density at radius 2 is 2.03 bits per heavy atom. The quantitative estimate of drug-likeness (QED) is 0.654. The number of carbonyl (C=O) groups is 1. The molecule has 1 aromatic carbocycles. The highest BCUT2D eigenvalue weighted by atomic mass is 32.2. The summed E-state index contributed by atoms with van der Waals surface area (Å²) in [4.78, 5) is 14.0. The molecule has 1 aliphatic rings. The lowest BCUT2D eigenvalue weighted by Crippen LogP contribution is -2.35. The van der Waals surface area contributed by atoms with Crippen molar-refractivity contribution in [2.24, 2.45) is 0 Å². The molecule has 0 saturated carbocycles. The molecular formula is C21H23N3O4S2. The summed E-state index contributed by atoms with van der Waals surface area (Å²) in [5.41, 5.74) is 1.05. The third-order valence-electron chi connectivity index (χ3n) is 5.00. The number of fused-ring (bicyclic) bond motifs is 1. The Bertz CT molecular complexity index is 1190. The molecular weight excluding hydrogens is 422 g/mol. The first-order chi connectivity index (χ1) is 14.1. The number of nitrogens with zero attached hydrogens (tertiary/aromatic N) is 2. The largest absolute Gasteiger partial charge is 0.359 e. The zero-order valence-electron chi connectivity index (χ0n) is 17.0. The lowest BCUT2D eigenvalue weighted by atomic mass is 9.93. The average Bonchev–Trinajstić information content (AvgIpc) is 3.36. The summed E-state index contributed by atoms with van der Waals surface area (Å²) in [6.45, 7) is 6.72. The van der Waals surface area contributed by atoms with Gasteiger partial charge in [-0.15, -0.1) is 11.3 Å². The van der Waals surface area contributed by atoms with E-state index in [9.17, 15) is 13.2 Å². The van der Waals surface area contributed by atoms with Crippen LogP contribution in [0.5, 0.6) is 0 Å². The molecule has 0 aliphatic carbocycles. The fraction of sp³-hybridized carbons (Fsp3) is 0.333. The van der Waals surface area contributed by atoms with Gasteiger partial charge >= 0.3 is 0 Å². The molecule has 30 heavy (non-hydrogen) atoms. The molecule has 2 aromatic heterocycles. The van der Waals surface area contributed by atoms with E-state index in [1.54, 1.807) is 29.5 Å². The Labute approximate surface area is 179 Å². The van der Waals surface area contributed by atoms with Crippen LogP contribution in [0.1, 0.15) is 47.3 Å². The highest BCUT2D eigenvalue weighted by Crippen LogP contribution is 2.29. The van der Waals surface area contributed by atoms with Gasteiger partial charge in [-0.2, -0.15) is 4.31 Å². The van der Waals surface area contributed by atoms with Crippen molar-refractivity contribution >= 4 is 33.1 Å². The zero-order valence-corrected chi connectivity index (χ0v) is 18.6. The predicted octanol–water partition coefficient (Wildman–Crippen LogP) is 4.03. The van der Waals surface area contributed by atoms with Gasteiger partial charge < -0.3 is 9.84 Å². The number of nitrogens with one attached hydrogen (secondary N) is 1. The third kappa shape index (κ3) is 4.05. The first-order valence-corrected chi connectivity index (χ1v) is 11.9. The van der Waals surface area contributed by atoms with Crippen LogP contribution in [-0.4, -0.2) is 30.3 Å². The van der Waals surface area contributed by atoms with E-state index in [4.69, 9.17) is 4.52 Å². The van der Waals surface area contributed by atoms with Crippen LogP contribution in [0.25, 0.3) is 0 Å². The van der Waals surface area contributed by atoms with Crippen molar-refractivity contribution in [2.75, 3.05) is 11.9 Å². The molecule has 7 nitrogen and oxygen atoms in total. The second-order valence-electron chi connectivity index (χ2n) is 8.27. The maximum atomic E-state index is 13.1. The molecule has 1 amide bonds. The molecule has 0 saturated heterocycles. The number of hydrogen-bond acceptors (Lipinski definition) is 6. The van der Waals surface area contributed by atoms with Gasteiger partial charge in [0.2, 0.25) is 10.0 Å². The van der Waals surface area contributed by atoms with Crippen LogP contribution in [-0.2, 0) is 28.4 Å². The Hall–Kier alpha value is -2.49. The Kier molecular flexibility index (Phi) is 5.29. The summed E-state index contributed by atoms with van der Waals surface area (Å²) in [7, 11) is -3.70. The molecule has 1 N–H and O–H groups in total. The molecule has 1 aliphatic heterocycles. The monoisotopic (exact) mass is 445 g/mol. The minimum Gasteiger partial charge on any atom is -0.359 e. The standard InChI is InChI=1S/C21H23N3O4S2/c1-21(2,3)18-12-19(23-28-18)22-20(25)14-5-4-6-16(11-14)30(26,27)24-9-7-17-15(13-24)8-10-29-17/h4-6,8,10-12H,7,9,13H2,1-3H3,(H,22,23,25). The molecule has 0 unspecified atom stereocenters. The minimum absolute atomic E-state index is 0.101. The molecule has 4 rings (SSSR count). The van der Waals surface area contributed by atoms with Crippen molar-refractivity contribution in [3.8, 4) is 0 Å². The number of hydrogen-bond donors (Lipinski definition) is 1. The molecule has 9 heteroatoms. The highest BCUT2D eigenvalue weighted by molar-refractivity contribution is 7.89. The van der Waals surface area contributed by atoms with E-state index in [0.717, 1.165) is 5.56 Å². The molecule has 0 spiro atoms. The van der Waals surface area contributed by atoms with E-state index < -0.39 is 15.9 Å². The van der Waals surface area contributed by atoms with Crippen molar-refractivity contribution in [3.63, 3.8) is 0 Å². The van der Waals surface area contributed by atoms with E-state index in [0.29, 0.717) is 31.1 Å². The van der Waals surface area contributed by atoms with Gasteiger partial charge in [0.05, 0.1) is 4.90 Å². The van der Waals surface area contributed by atoms with Crippen molar-refractivity contribution in [1.29, 1.82) is 0 Å². The van der Waals surface area contributed by atoms with Gasteiger partial charge in [0, 0.05) is 35.0 Å². The van der Waals surface area contributed by atoms with E-state index in [-0.39, 0.29) is 15.9 Å². The molecule has 3 heterocycles. The van der Waals surface area contributed by atoms with Crippen LogP contribution in [0.15, 0.2) is 51.2 Å². The summed E-state index contributed by atoms with van der Waals surface area (Å²) in [6.07, 6.45) is 0.703. The summed E-state index contributed by atoms with van der Waals surface area (Å²) >= 11 is 1.66. The summed E-state index contributed by atoms with van der Waals surface area (Å²) in [5, 5.41) is 8.53. The van der Waals surface area contributed by atoms with Crippen molar-refractivity contribution in [1.82, 2.24) is 9.46 Å². The molecule has 0 bridgehead atoms. The van der Waals surface area contributed by atoms with Crippen LogP contribution in [0.2, 0.25) is 0 Å². The maximum Gasteiger partial charge on any atom is 0.256 e. The topological polar surface area (TPSA) is 92.5 Å². The molecule has 0 fully saturated rings. The van der Waals surface area contributed by atoms with Gasteiger partial charge in [-0.3, -0.25) is 4.79 Å². The fourth-order valence-electron chi connectivity index (χ4n) is 3.25. The smallest absolute Gasteiger partial charge is 0.256 e. The van der Waals surface area contributed by atoms with Crippen molar-refractivity contribution < 1.29 is 17.7 Å². The Morgan fingerprint density at radius 1 is 1.23 bits per heavy atom. The van der Waals surface area contributed by atoms with Crippen LogP contribution < -0.4 is 5.32 Å². The second-order valence-corrected chi connectivity index (χ2v) is 11.2. The number of sulfonamides is 1. The summed E-state index contributed by atoms with van der Waals surface area (Å²) in [6, 6.07) is 9.71. The fourth-order valence-corrected chi connectivity index (χ4v) is 5.61. The van der Waals surface area contributed by atoms with Gasteiger partial charge in [-0.05, 0) is 41.6 Å². The Morgan fingerprint density at radius 3 is 2.77 bits per heavy atom. The van der Waals surface area contributed by atoms with Gasteiger partial charge in [-0.1, -0.05) is 32.0 Å². The SMILES string of the molecule is CC(C)(C)c1cc(NC(=O)c2cccc(S(=O)(=O)N3CCc4sccc4C3)c2)no1. The first-order valence-electron chi connectivity index (χ1n) is 9.58. The van der Waals surface area contributed by atoms with Crippen LogP contribution in [0.4, 0.5) is 5.82 Å². The lowest BCUT2D eigenvalue weighted by Gasteiger charge is -2.26. The van der Waals surface area contributed by atoms with E-state index in [1.807, 2.05) is 32.2 Å². The highest BCUT2D eigenvalue weighted by Gasteiger charge is 2.29. The predicted molar refractivity (Wildman–Crippen MR) is 115 cm³/mol. The van der Waals surface area contributed by atoms with Crippen molar-refractivity contribution in [2.45, 2.75) is 44.0 Å². The first kappa shape index (κ1) is 20.8. The zero-order chi connectivity index (χ0) is 21.5. The van der Waals surface area contributed by atoms with E-state index >= 15 is 0 Å². The lowest BCUT2D eigenvalue weighted by molar-refractivity contribution is 0.102. The molecule has 158 valence electrons. The number of amides is 1. The van der Waals surface area contributed by atoms with Crippen LogP contribution in [0, 0.1) is 0 Å². The van der Waals surface area contributed by atoms with Gasteiger partial charge in [0.25, 0.3) is 5.91 Å². The van der Waals surface area contributed by atoms with Gasteiger partial charge in [0.1, 0.15) is 5.76 Å². The number of benzene rings is 1. The van der Waals surface area contributed by atoms with Crippen molar-refractivity contribution in [3.05, 3.63) is 63.5 Å². The number of rotatable bonds is 4. The molecule has 0 atom stereocenters. The van der Waals surface area contributed by atoms with Gasteiger partial charge in [-0.25, -0.2) is 8.42 Å². The Balaban J connectivity index is 1.53. The van der Waals surface area contributed by atoms with Gasteiger partial charge in [0.15, 0.2) is 5.82 Å². The number of aromatic nitrogens is 1. The molecule has 3 aromatic rings. The maximum absolute atomic E-state index is 13.1. The molecule has 0 radical (unpaired) electrons. The number of anilines is 1. The third-order valence-corrected chi connectivity index (χ3v) is 7.86. The minimum atomic E-state index is -3.70. The average molecular weight is 446 g/mol. The summed E-state index contributed by atoms with van der Waals surface area (Å²) in [5.74, 6) is 0.491. The summed E-state index contributed by atoms with van der Waals surface area (Å²) < 4.78 is 33.0.